The summed E-state index contributed by atoms with van der Waals surface area (Å²) in [5, 5.41) is 0. The fourth-order valence-corrected chi connectivity index (χ4v) is 1.91. The standard InChI is InChI=1S/C17H19N/c18-14-13-17-11-9-16(10-12-17)8-4-7-15-5-2-1-3-6-15/h1-6,8-12H,7,13-14,18H2. The van der Waals surface area contributed by atoms with Gasteiger partial charge in [0.15, 0.2) is 0 Å². The molecule has 0 fully saturated rings. The lowest BCUT2D eigenvalue weighted by Crippen LogP contribution is -2.02. The first-order valence-corrected chi connectivity index (χ1v) is 6.38. The number of hydrogen-bond donors (Lipinski definition) is 1. The molecule has 0 aliphatic carbocycles. The number of nitrogens with two attached hydrogens (primary N) is 1. The van der Waals surface area contributed by atoms with Crippen LogP contribution in [0.25, 0.3) is 6.08 Å². The van der Waals surface area contributed by atoms with E-state index in [1.165, 1.54) is 16.7 Å². The van der Waals surface area contributed by atoms with Crippen LogP contribution in [0.15, 0.2) is 60.7 Å². The van der Waals surface area contributed by atoms with Crippen molar-refractivity contribution in [3.8, 4) is 0 Å². The highest BCUT2D eigenvalue weighted by Gasteiger charge is 1.91. The summed E-state index contributed by atoms with van der Waals surface area (Å²) in [7, 11) is 0. The molecule has 2 aromatic rings. The zero-order valence-corrected chi connectivity index (χ0v) is 10.5. The van der Waals surface area contributed by atoms with Gasteiger partial charge in [-0.3, -0.25) is 0 Å². The predicted molar refractivity (Wildman–Crippen MR) is 78.4 cm³/mol. The molecule has 0 radical (unpaired) electrons. The molecule has 0 unspecified atom stereocenters. The van der Waals surface area contributed by atoms with Crippen LogP contribution in [0.5, 0.6) is 0 Å². The minimum atomic E-state index is 0.712. The van der Waals surface area contributed by atoms with Crippen LogP contribution >= 0.6 is 0 Å². The lowest BCUT2D eigenvalue weighted by molar-refractivity contribution is 0.969. The summed E-state index contributed by atoms with van der Waals surface area (Å²) in [6.45, 7) is 0.712. The Morgan fingerprint density at radius 3 is 2.22 bits per heavy atom. The molecule has 0 saturated heterocycles. The summed E-state index contributed by atoms with van der Waals surface area (Å²) in [5.41, 5.74) is 9.42. The van der Waals surface area contributed by atoms with Crippen molar-refractivity contribution in [1.82, 2.24) is 0 Å². The second-order valence-corrected chi connectivity index (χ2v) is 4.37. The normalized spacial score (nSPS) is 10.9. The third-order valence-corrected chi connectivity index (χ3v) is 2.92. The molecule has 0 bridgehead atoms. The van der Waals surface area contributed by atoms with Crippen LogP contribution in [0, 0.1) is 0 Å². The summed E-state index contributed by atoms with van der Waals surface area (Å²) in [5.74, 6) is 0. The van der Waals surface area contributed by atoms with E-state index in [2.05, 4.69) is 60.7 Å². The van der Waals surface area contributed by atoms with Gasteiger partial charge in [-0.1, -0.05) is 66.7 Å². The fraction of sp³-hybridized carbons (Fsp3) is 0.176. The maximum Gasteiger partial charge on any atom is -0.00367 e. The Hall–Kier alpha value is -1.86. The van der Waals surface area contributed by atoms with E-state index in [0.717, 1.165) is 12.8 Å². The molecule has 0 heterocycles. The molecule has 0 amide bonds. The summed E-state index contributed by atoms with van der Waals surface area (Å²) in [6.07, 6.45) is 6.30. The lowest BCUT2D eigenvalue weighted by atomic mass is 10.1. The predicted octanol–water partition coefficient (Wildman–Crippen LogP) is 3.44. The van der Waals surface area contributed by atoms with Crippen molar-refractivity contribution < 1.29 is 0 Å². The van der Waals surface area contributed by atoms with Gasteiger partial charge in [0.25, 0.3) is 0 Å². The third-order valence-electron chi connectivity index (χ3n) is 2.92. The molecule has 1 nitrogen and oxygen atoms in total. The highest BCUT2D eigenvalue weighted by molar-refractivity contribution is 5.50. The summed E-state index contributed by atoms with van der Waals surface area (Å²) in [6, 6.07) is 19.1. The van der Waals surface area contributed by atoms with E-state index in [9.17, 15) is 0 Å². The average Bonchev–Trinajstić information content (AvgIpc) is 2.42. The molecular weight excluding hydrogens is 218 g/mol. The first-order valence-electron chi connectivity index (χ1n) is 6.38. The molecule has 2 aromatic carbocycles. The molecule has 0 atom stereocenters. The van der Waals surface area contributed by atoms with Crippen LogP contribution in [-0.2, 0) is 12.8 Å². The molecule has 2 rings (SSSR count). The van der Waals surface area contributed by atoms with Crippen molar-refractivity contribution >= 4 is 6.08 Å². The molecular formula is C17H19N. The van der Waals surface area contributed by atoms with Crippen molar-refractivity contribution in [3.63, 3.8) is 0 Å². The molecule has 0 saturated carbocycles. The summed E-state index contributed by atoms with van der Waals surface area (Å²) >= 11 is 0. The highest BCUT2D eigenvalue weighted by atomic mass is 14.5. The van der Waals surface area contributed by atoms with Gasteiger partial charge < -0.3 is 5.73 Å². The first kappa shape index (κ1) is 12.6. The van der Waals surface area contributed by atoms with E-state index in [1.54, 1.807) is 0 Å². The van der Waals surface area contributed by atoms with E-state index in [1.807, 2.05) is 6.07 Å². The van der Waals surface area contributed by atoms with Crippen molar-refractivity contribution in [2.24, 2.45) is 5.73 Å². The molecule has 0 aliphatic heterocycles. The second-order valence-electron chi connectivity index (χ2n) is 4.37. The van der Waals surface area contributed by atoms with E-state index in [4.69, 9.17) is 5.73 Å². The van der Waals surface area contributed by atoms with E-state index >= 15 is 0 Å². The minimum absolute atomic E-state index is 0.712. The zero-order chi connectivity index (χ0) is 12.6. The Kier molecular flexibility index (Phi) is 4.74. The van der Waals surface area contributed by atoms with Crippen LogP contribution in [0.3, 0.4) is 0 Å². The van der Waals surface area contributed by atoms with Crippen molar-refractivity contribution in [3.05, 3.63) is 77.4 Å². The highest BCUT2D eigenvalue weighted by Crippen LogP contribution is 2.08. The van der Waals surface area contributed by atoms with E-state index in [-0.39, 0.29) is 0 Å². The van der Waals surface area contributed by atoms with Gasteiger partial charge in [-0.15, -0.1) is 0 Å². The van der Waals surface area contributed by atoms with Crippen LogP contribution in [0.2, 0.25) is 0 Å². The second kappa shape index (κ2) is 6.77. The van der Waals surface area contributed by atoms with Gasteiger partial charge in [-0.25, -0.2) is 0 Å². The van der Waals surface area contributed by atoms with Gasteiger partial charge in [-0.05, 0) is 36.1 Å². The van der Waals surface area contributed by atoms with E-state index < -0.39 is 0 Å². The molecule has 0 aliphatic rings. The molecule has 18 heavy (non-hydrogen) atoms. The van der Waals surface area contributed by atoms with Gasteiger partial charge >= 0.3 is 0 Å². The SMILES string of the molecule is NCCc1ccc(C=CCc2ccccc2)cc1. The van der Waals surface area contributed by atoms with Gasteiger partial charge in [0, 0.05) is 0 Å². The average molecular weight is 237 g/mol. The molecule has 0 aromatic heterocycles. The van der Waals surface area contributed by atoms with Crippen LogP contribution in [0.1, 0.15) is 16.7 Å². The van der Waals surface area contributed by atoms with Gasteiger partial charge in [0.2, 0.25) is 0 Å². The monoisotopic (exact) mass is 237 g/mol. The Bertz CT molecular complexity index is 483. The van der Waals surface area contributed by atoms with Gasteiger partial charge in [-0.2, -0.15) is 0 Å². The zero-order valence-electron chi connectivity index (χ0n) is 10.5. The fourth-order valence-electron chi connectivity index (χ4n) is 1.91. The smallest absolute Gasteiger partial charge is 0.00367 e. The van der Waals surface area contributed by atoms with Crippen molar-refractivity contribution in [1.29, 1.82) is 0 Å². The Morgan fingerprint density at radius 1 is 0.833 bits per heavy atom. The quantitative estimate of drug-likeness (QED) is 0.847. The minimum Gasteiger partial charge on any atom is -0.330 e. The van der Waals surface area contributed by atoms with E-state index in [0.29, 0.717) is 6.54 Å². The molecule has 92 valence electrons. The van der Waals surface area contributed by atoms with Crippen molar-refractivity contribution in [2.75, 3.05) is 6.54 Å². The van der Waals surface area contributed by atoms with Crippen LogP contribution in [0.4, 0.5) is 0 Å². The number of benzene rings is 2. The summed E-state index contributed by atoms with van der Waals surface area (Å²) in [4.78, 5) is 0. The van der Waals surface area contributed by atoms with Crippen LogP contribution in [-0.4, -0.2) is 6.54 Å². The van der Waals surface area contributed by atoms with Gasteiger partial charge in [0.1, 0.15) is 0 Å². The summed E-state index contributed by atoms with van der Waals surface area (Å²) < 4.78 is 0. The maximum atomic E-state index is 5.53. The molecule has 2 N–H and O–H groups in total. The first-order chi connectivity index (χ1) is 8.88. The topological polar surface area (TPSA) is 26.0 Å². The number of rotatable bonds is 5. The molecule has 0 spiro atoms. The largest absolute Gasteiger partial charge is 0.330 e. The van der Waals surface area contributed by atoms with Crippen LogP contribution < -0.4 is 5.73 Å². The Labute approximate surface area is 109 Å². The Morgan fingerprint density at radius 2 is 1.56 bits per heavy atom. The Balaban J connectivity index is 1.93. The number of hydrogen-bond acceptors (Lipinski definition) is 1. The third kappa shape index (κ3) is 3.86. The van der Waals surface area contributed by atoms with Gasteiger partial charge in [0.05, 0.1) is 0 Å². The van der Waals surface area contributed by atoms with Crippen molar-refractivity contribution in [2.45, 2.75) is 12.8 Å². The lowest BCUT2D eigenvalue weighted by Gasteiger charge is -1.99. The maximum absolute atomic E-state index is 5.53. The number of allylic oxidation sites excluding steroid dienone is 1. The molecule has 1 heteroatoms.